The zero-order valence-corrected chi connectivity index (χ0v) is 18.2. The summed E-state index contributed by atoms with van der Waals surface area (Å²) in [6.07, 6.45) is 1.60. The molecule has 0 saturated carbocycles. The van der Waals surface area contributed by atoms with Crippen molar-refractivity contribution < 1.29 is 18.7 Å². The summed E-state index contributed by atoms with van der Waals surface area (Å²) in [6.45, 7) is 0.317. The predicted octanol–water partition coefficient (Wildman–Crippen LogP) is 6.95. The average molecular weight is 474 g/mol. The Morgan fingerprint density at radius 2 is 1.74 bits per heavy atom. The summed E-state index contributed by atoms with van der Waals surface area (Å²) in [6, 6.07) is 18.2. The predicted molar refractivity (Wildman–Crippen MR) is 122 cm³/mol. The number of thioether (sulfide) groups is 1. The van der Waals surface area contributed by atoms with E-state index in [0.29, 0.717) is 22.9 Å². The molecule has 31 heavy (non-hydrogen) atoms. The normalized spacial score (nSPS) is 15.1. The average Bonchev–Trinajstić information content (AvgIpc) is 3.03. The van der Waals surface area contributed by atoms with Crippen molar-refractivity contribution in [2.24, 2.45) is 0 Å². The van der Waals surface area contributed by atoms with Gasteiger partial charge in [-0.1, -0.05) is 53.5 Å². The van der Waals surface area contributed by atoms with Crippen LogP contribution in [0, 0.1) is 5.82 Å². The molecule has 156 valence electrons. The summed E-state index contributed by atoms with van der Waals surface area (Å²) >= 11 is 12.5. The quantitative estimate of drug-likeness (QED) is 0.376. The fraction of sp³-hybridized carbons (Fsp3) is 0.0435. The lowest BCUT2D eigenvalue weighted by molar-refractivity contribution is -0.113. The minimum absolute atomic E-state index is 0.165. The summed E-state index contributed by atoms with van der Waals surface area (Å²) in [5.74, 6) is -0.570. The van der Waals surface area contributed by atoms with Crippen LogP contribution in [-0.2, 0) is 11.4 Å². The molecule has 3 aromatic carbocycles. The van der Waals surface area contributed by atoms with E-state index in [0.717, 1.165) is 28.3 Å². The van der Waals surface area contributed by atoms with Crippen molar-refractivity contribution in [1.82, 2.24) is 0 Å². The molecule has 4 nitrogen and oxygen atoms in total. The summed E-state index contributed by atoms with van der Waals surface area (Å²) in [5, 5.41) is -0.0118. The molecule has 1 heterocycles. The number of anilines is 1. The third-order valence-electron chi connectivity index (χ3n) is 4.47. The summed E-state index contributed by atoms with van der Waals surface area (Å²) in [7, 11) is 0. The lowest BCUT2D eigenvalue weighted by Crippen LogP contribution is -2.27. The molecule has 2 amide bonds. The molecule has 0 radical (unpaired) electrons. The monoisotopic (exact) mass is 473 g/mol. The Hall–Kier alpha value is -2.80. The van der Waals surface area contributed by atoms with Crippen molar-refractivity contribution in [3.8, 4) is 5.75 Å². The Morgan fingerprint density at radius 1 is 1.00 bits per heavy atom. The van der Waals surface area contributed by atoms with Crippen LogP contribution in [-0.4, -0.2) is 11.1 Å². The number of hydrogen-bond donors (Lipinski definition) is 0. The standard InChI is InChI=1S/C23H14Cl2FNO3S/c24-16-7-5-14(6-8-16)13-30-20-4-2-1-3-15(20)11-21-22(28)27(23(29)31-21)17-9-10-19(26)18(25)12-17/h1-12H,13H2/b21-11-. The molecule has 0 aliphatic carbocycles. The second-order valence-corrected chi connectivity index (χ2v) is 8.41. The SMILES string of the molecule is O=C1S/C(=C\c2ccccc2OCc2ccc(Cl)cc2)C(=O)N1c1ccc(F)c(Cl)c1. The van der Waals surface area contributed by atoms with Gasteiger partial charge in [0.1, 0.15) is 18.2 Å². The molecule has 0 atom stereocenters. The van der Waals surface area contributed by atoms with Gasteiger partial charge in [0.25, 0.3) is 11.1 Å². The number of carbonyl (C=O) groups excluding carboxylic acids is 2. The first-order chi connectivity index (χ1) is 14.9. The van der Waals surface area contributed by atoms with E-state index in [1.807, 2.05) is 24.3 Å². The van der Waals surface area contributed by atoms with Gasteiger partial charge in [0.05, 0.1) is 15.6 Å². The van der Waals surface area contributed by atoms with E-state index in [1.54, 1.807) is 30.3 Å². The van der Waals surface area contributed by atoms with Crippen molar-refractivity contribution in [2.75, 3.05) is 4.90 Å². The molecule has 1 saturated heterocycles. The maximum atomic E-state index is 13.4. The first-order valence-electron chi connectivity index (χ1n) is 9.11. The smallest absolute Gasteiger partial charge is 0.298 e. The third-order valence-corrected chi connectivity index (χ3v) is 5.88. The molecule has 4 rings (SSSR count). The van der Waals surface area contributed by atoms with Crippen molar-refractivity contribution >= 4 is 57.9 Å². The number of benzene rings is 3. The Morgan fingerprint density at radius 3 is 2.48 bits per heavy atom. The maximum Gasteiger partial charge on any atom is 0.298 e. The van der Waals surface area contributed by atoms with Gasteiger partial charge >= 0.3 is 0 Å². The number of rotatable bonds is 5. The van der Waals surface area contributed by atoms with Crippen LogP contribution in [0.3, 0.4) is 0 Å². The van der Waals surface area contributed by atoms with Crippen LogP contribution in [0.2, 0.25) is 10.0 Å². The molecule has 0 unspecified atom stereocenters. The van der Waals surface area contributed by atoms with E-state index in [-0.39, 0.29) is 15.6 Å². The minimum atomic E-state index is -0.625. The van der Waals surface area contributed by atoms with Crippen molar-refractivity contribution in [1.29, 1.82) is 0 Å². The van der Waals surface area contributed by atoms with E-state index in [2.05, 4.69) is 0 Å². The highest BCUT2D eigenvalue weighted by molar-refractivity contribution is 8.19. The molecule has 1 aliphatic rings. The summed E-state index contributed by atoms with van der Waals surface area (Å²) in [5.41, 5.74) is 1.80. The van der Waals surface area contributed by atoms with Crippen molar-refractivity contribution in [2.45, 2.75) is 6.61 Å². The van der Waals surface area contributed by atoms with Crippen molar-refractivity contribution in [3.63, 3.8) is 0 Å². The summed E-state index contributed by atoms with van der Waals surface area (Å²) in [4.78, 5) is 26.5. The van der Waals surface area contributed by atoms with Crippen LogP contribution >= 0.6 is 35.0 Å². The molecule has 0 bridgehead atoms. The third kappa shape index (κ3) is 4.77. The van der Waals surface area contributed by atoms with Gasteiger partial charge in [0.2, 0.25) is 0 Å². The van der Waals surface area contributed by atoms with Crippen LogP contribution in [0.15, 0.2) is 71.6 Å². The first kappa shape index (κ1) is 21.4. The van der Waals surface area contributed by atoms with Gasteiger partial charge in [-0.25, -0.2) is 9.29 Å². The maximum absolute atomic E-state index is 13.4. The van der Waals surface area contributed by atoms with Crippen LogP contribution in [0.1, 0.15) is 11.1 Å². The number of nitrogens with zero attached hydrogens (tertiary/aromatic N) is 1. The van der Waals surface area contributed by atoms with Gasteiger partial charge in [-0.3, -0.25) is 9.59 Å². The minimum Gasteiger partial charge on any atom is -0.488 e. The Kier molecular flexibility index (Phi) is 6.32. The Bertz CT molecular complexity index is 1200. The van der Waals surface area contributed by atoms with Gasteiger partial charge in [0.15, 0.2) is 0 Å². The number of ether oxygens (including phenoxy) is 1. The van der Waals surface area contributed by atoms with Crippen LogP contribution in [0.25, 0.3) is 6.08 Å². The van der Waals surface area contributed by atoms with E-state index >= 15 is 0 Å². The van der Waals surface area contributed by atoms with Gasteiger partial charge in [0, 0.05) is 10.6 Å². The number of hydrogen-bond acceptors (Lipinski definition) is 4. The van der Waals surface area contributed by atoms with E-state index in [1.165, 1.54) is 12.1 Å². The lowest BCUT2D eigenvalue weighted by atomic mass is 10.1. The first-order valence-corrected chi connectivity index (χ1v) is 10.7. The number of halogens is 3. The number of amides is 2. The Labute approximate surface area is 192 Å². The van der Waals surface area contributed by atoms with Gasteiger partial charge in [-0.15, -0.1) is 0 Å². The summed E-state index contributed by atoms with van der Waals surface area (Å²) < 4.78 is 19.4. The highest BCUT2D eigenvalue weighted by Gasteiger charge is 2.36. The largest absolute Gasteiger partial charge is 0.488 e. The second-order valence-electron chi connectivity index (χ2n) is 6.57. The zero-order valence-electron chi connectivity index (χ0n) is 15.8. The van der Waals surface area contributed by atoms with Gasteiger partial charge in [-0.2, -0.15) is 0 Å². The van der Waals surface area contributed by atoms with Crippen LogP contribution in [0.5, 0.6) is 5.75 Å². The topological polar surface area (TPSA) is 46.6 Å². The van der Waals surface area contributed by atoms with Crippen LogP contribution < -0.4 is 9.64 Å². The van der Waals surface area contributed by atoms with Gasteiger partial charge in [-0.05, 0) is 59.8 Å². The molecule has 1 fully saturated rings. The van der Waals surface area contributed by atoms with Crippen LogP contribution in [0.4, 0.5) is 14.9 Å². The Balaban J connectivity index is 1.57. The molecule has 1 aliphatic heterocycles. The lowest BCUT2D eigenvalue weighted by Gasteiger charge is -2.13. The second kappa shape index (κ2) is 9.14. The van der Waals surface area contributed by atoms with E-state index in [9.17, 15) is 14.0 Å². The van der Waals surface area contributed by atoms with E-state index < -0.39 is 17.0 Å². The zero-order chi connectivity index (χ0) is 22.0. The number of carbonyl (C=O) groups is 2. The molecule has 3 aromatic rings. The number of para-hydroxylation sites is 1. The van der Waals surface area contributed by atoms with E-state index in [4.69, 9.17) is 27.9 Å². The fourth-order valence-corrected chi connectivity index (χ4v) is 4.06. The van der Waals surface area contributed by atoms with Gasteiger partial charge < -0.3 is 4.74 Å². The number of imide groups is 1. The molecule has 8 heteroatoms. The molecule has 0 N–H and O–H groups in total. The fourth-order valence-electron chi connectivity index (χ4n) is 2.93. The molecule has 0 spiro atoms. The molecule has 0 aromatic heterocycles. The van der Waals surface area contributed by atoms with Crippen molar-refractivity contribution in [3.05, 3.63) is 98.6 Å². The molecular weight excluding hydrogens is 460 g/mol. The highest BCUT2D eigenvalue weighted by Crippen LogP contribution is 2.37. The molecular formula is C23H14Cl2FNO3S. The highest BCUT2D eigenvalue weighted by atomic mass is 35.5.